The van der Waals surface area contributed by atoms with Gasteiger partial charge in [-0.2, -0.15) is 0 Å². The van der Waals surface area contributed by atoms with Gasteiger partial charge in [-0.05, 0) is 83.9 Å². The molecule has 8 aromatic heterocycles. The van der Waals surface area contributed by atoms with Gasteiger partial charge in [-0.25, -0.2) is 29.9 Å². The monoisotopic (exact) mass is 1370 g/mol. The van der Waals surface area contributed by atoms with Crippen LogP contribution in [0.3, 0.4) is 0 Å². The molecule has 474 valence electrons. The van der Waals surface area contributed by atoms with E-state index >= 15 is 0 Å². The van der Waals surface area contributed by atoms with Crippen molar-refractivity contribution in [2.24, 2.45) is 0 Å². The standard InChI is InChI=1S/C90H50N8S4/c1-3-20-52(21-4-1)85-91-87(95-90(94-85)65-31-17-39-75-80(65)81-76(99-75)49-48-62-78-70(36-18-40-73(78)100-82(62)81)97-66-32-11-7-26-57(66)58-27-8-12-33-67(58)97)54-44-42-51(43-45-54)55-24-15-25-56(50-55)88-92-86(53-22-5-2-6-23-53)93-89(96-88)64-30-16-38-72-77(64)61-46-47-63-79-71(37-19-41-74(79)102-84(63)83(61)101-72)98-68-34-13-9-28-59(68)60-29-10-14-35-69(60)98/h1-50H. The zero-order chi connectivity index (χ0) is 66.7. The van der Waals surface area contributed by atoms with Crippen molar-refractivity contribution in [3.05, 3.63) is 303 Å². The fraction of sp³-hybridized carbons (Fsp3) is 0. The summed E-state index contributed by atoms with van der Waals surface area (Å²) in [7, 11) is 0. The predicted molar refractivity (Wildman–Crippen MR) is 431 cm³/mol. The number of fused-ring (bicyclic) bond motifs is 20. The van der Waals surface area contributed by atoms with E-state index in [9.17, 15) is 0 Å². The normalized spacial score (nSPS) is 12.1. The molecule has 0 spiro atoms. The van der Waals surface area contributed by atoms with Crippen LogP contribution in [-0.4, -0.2) is 39.0 Å². The van der Waals surface area contributed by atoms with E-state index in [1.165, 1.54) is 125 Å². The largest absolute Gasteiger partial charge is 0.309 e. The lowest BCUT2D eigenvalue weighted by atomic mass is 10.0. The minimum absolute atomic E-state index is 0.593. The number of nitrogens with zero attached hydrogens (tertiary/aromatic N) is 8. The molecule has 14 aromatic carbocycles. The van der Waals surface area contributed by atoms with Crippen molar-refractivity contribution in [3.63, 3.8) is 0 Å². The summed E-state index contributed by atoms with van der Waals surface area (Å²) in [5.74, 6) is 3.66. The summed E-state index contributed by atoms with van der Waals surface area (Å²) in [6.07, 6.45) is 0. The van der Waals surface area contributed by atoms with Crippen molar-refractivity contribution < 1.29 is 0 Å². The first-order chi connectivity index (χ1) is 50.6. The Morgan fingerprint density at radius 2 is 0.539 bits per heavy atom. The molecule has 0 aliphatic heterocycles. The summed E-state index contributed by atoms with van der Waals surface area (Å²) in [6, 6.07) is 109. The lowest BCUT2D eigenvalue weighted by Crippen LogP contribution is -2.00. The molecule has 22 rings (SSSR count). The lowest BCUT2D eigenvalue weighted by Gasteiger charge is -2.11. The van der Waals surface area contributed by atoms with Gasteiger partial charge < -0.3 is 9.13 Å². The molecule has 0 saturated heterocycles. The third-order valence-corrected chi connectivity index (χ3v) is 25.1. The molecular weight excluding hydrogens is 1320 g/mol. The molecule has 102 heavy (non-hydrogen) atoms. The van der Waals surface area contributed by atoms with Crippen LogP contribution in [-0.2, 0) is 0 Å². The van der Waals surface area contributed by atoms with Gasteiger partial charge in [-0.3, -0.25) is 0 Å². The van der Waals surface area contributed by atoms with Crippen LogP contribution >= 0.6 is 45.3 Å². The highest BCUT2D eigenvalue weighted by Gasteiger charge is 2.26. The molecule has 0 bridgehead atoms. The lowest BCUT2D eigenvalue weighted by molar-refractivity contribution is 1.08. The summed E-state index contributed by atoms with van der Waals surface area (Å²) < 4.78 is 14.8. The van der Waals surface area contributed by atoms with Gasteiger partial charge in [0.1, 0.15) is 0 Å². The molecule has 0 fully saturated rings. The first kappa shape index (κ1) is 57.5. The molecule has 22 aromatic rings. The van der Waals surface area contributed by atoms with Crippen LogP contribution < -0.4 is 0 Å². The maximum atomic E-state index is 5.43. The van der Waals surface area contributed by atoms with Crippen molar-refractivity contribution in [1.29, 1.82) is 0 Å². The first-order valence-electron chi connectivity index (χ1n) is 34.0. The Bertz CT molecular complexity index is 7160. The van der Waals surface area contributed by atoms with Crippen LogP contribution in [0.4, 0.5) is 0 Å². The van der Waals surface area contributed by atoms with Crippen LogP contribution in [0.2, 0.25) is 0 Å². The molecule has 0 saturated carbocycles. The summed E-state index contributed by atoms with van der Waals surface area (Å²) in [4.78, 5) is 32.1. The molecule has 0 unspecified atom stereocenters. The van der Waals surface area contributed by atoms with E-state index in [2.05, 4.69) is 276 Å². The Kier molecular flexibility index (Phi) is 12.7. The van der Waals surface area contributed by atoms with Crippen molar-refractivity contribution >= 4 is 170 Å². The molecule has 0 N–H and O–H groups in total. The van der Waals surface area contributed by atoms with Gasteiger partial charge in [0.15, 0.2) is 34.9 Å². The van der Waals surface area contributed by atoms with Crippen molar-refractivity contribution in [3.8, 4) is 90.8 Å². The number of thiophene rings is 4. The predicted octanol–water partition coefficient (Wildman–Crippen LogP) is 25.4. The van der Waals surface area contributed by atoms with E-state index < -0.39 is 0 Å². The van der Waals surface area contributed by atoms with Gasteiger partial charge in [-0.1, -0.05) is 231 Å². The quantitative estimate of drug-likeness (QED) is 0.143. The Morgan fingerprint density at radius 3 is 1.06 bits per heavy atom. The van der Waals surface area contributed by atoms with E-state index in [4.69, 9.17) is 29.9 Å². The zero-order valence-electron chi connectivity index (χ0n) is 54.1. The van der Waals surface area contributed by atoms with E-state index in [0.29, 0.717) is 34.9 Å². The second kappa shape index (κ2) is 22.5. The maximum absolute atomic E-state index is 5.43. The summed E-state index contributed by atoms with van der Waals surface area (Å²) >= 11 is 7.41. The summed E-state index contributed by atoms with van der Waals surface area (Å²) in [6.45, 7) is 0. The highest BCUT2D eigenvalue weighted by molar-refractivity contribution is 7.33. The summed E-state index contributed by atoms with van der Waals surface area (Å²) in [5, 5.41) is 14.7. The minimum atomic E-state index is 0.593. The molecule has 0 radical (unpaired) electrons. The SMILES string of the molecule is c1ccc(-c2nc(-c3cccc(-c4ccc(-c5nc(-c6ccccc6)nc(-c6cccc7sc8ccc9c(sc%10cccc(-n%11c%12ccccc%12c%12ccccc%12%11)c%109)c8c67)n5)cc4)c3)nc(-c3cccc4sc5c(ccc6c5sc5cccc(-n7c8ccccc8c8ccccc87)c56)c34)n2)cc1. The molecule has 0 amide bonds. The van der Waals surface area contributed by atoms with Gasteiger partial charge in [0, 0.05) is 126 Å². The third-order valence-electron chi connectivity index (χ3n) is 20.3. The van der Waals surface area contributed by atoms with Gasteiger partial charge in [0.05, 0.1) is 42.8 Å². The zero-order valence-corrected chi connectivity index (χ0v) is 57.3. The third kappa shape index (κ3) is 8.77. The molecule has 8 nitrogen and oxygen atoms in total. The molecule has 0 aliphatic rings. The maximum Gasteiger partial charge on any atom is 0.164 e. The second-order valence-corrected chi connectivity index (χ2v) is 30.2. The van der Waals surface area contributed by atoms with Crippen molar-refractivity contribution in [1.82, 2.24) is 39.0 Å². The van der Waals surface area contributed by atoms with Crippen molar-refractivity contribution in [2.75, 3.05) is 0 Å². The highest BCUT2D eigenvalue weighted by atomic mass is 32.1. The fourth-order valence-electron chi connectivity index (χ4n) is 15.8. The molecule has 8 heterocycles. The van der Waals surface area contributed by atoms with Gasteiger partial charge in [-0.15, -0.1) is 45.3 Å². The topological polar surface area (TPSA) is 87.2 Å². The fourth-order valence-corrected chi connectivity index (χ4v) is 20.8. The number of hydrogen-bond acceptors (Lipinski definition) is 10. The average Bonchev–Trinajstić information content (AvgIpc) is 1.56. The minimum Gasteiger partial charge on any atom is -0.309 e. The number of para-hydroxylation sites is 4. The van der Waals surface area contributed by atoms with Gasteiger partial charge in [0.2, 0.25) is 0 Å². The van der Waals surface area contributed by atoms with Crippen LogP contribution in [0.5, 0.6) is 0 Å². The Labute approximate surface area is 598 Å². The van der Waals surface area contributed by atoms with Crippen LogP contribution in [0.1, 0.15) is 0 Å². The Balaban J connectivity index is 0.641. The first-order valence-corrected chi connectivity index (χ1v) is 37.2. The molecule has 0 aliphatic carbocycles. The highest BCUT2D eigenvalue weighted by Crippen LogP contribution is 2.52. The number of aromatic nitrogens is 8. The second-order valence-electron chi connectivity index (χ2n) is 25.9. The van der Waals surface area contributed by atoms with E-state index in [-0.39, 0.29) is 0 Å². The van der Waals surface area contributed by atoms with E-state index in [1.807, 2.05) is 81.7 Å². The molecule has 12 heteroatoms. The Hall–Kier alpha value is -12.4. The average molecular weight is 1370 g/mol. The van der Waals surface area contributed by atoms with Crippen LogP contribution in [0, 0.1) is 0 Å². The van der Waals surface area contributed by atoms with Crippen molar-refractivity contribution in [2.45, 2.75) is 0 Å². The number of rotatable bonds is 9. The summed E-state index contributed by atoms with van der Waals surface area (Å²) in [5.41, 5.74) is 14.7. The van der Waals surface area contributed by atoms with Gasteiger partial charge >= 0.3 is 0 Å². The number of hydrogen-bond donors (Lipinski definition) is 0. The number of benzene rings is 14. The van der Waals surface area contributed by atoms with Crippen LogP contribution in [0.25, 0.3) is 215 Å². The van der Waals surface area contributed by atoms with Crippen LogP contribution in [0.15, 0.2) is 303 Å². The van der Waals surface area contributed by atoms with Gasteiger partial charge in [0.25, 0.3) is 0 Å². The molecule has 0 atom stereocenters. The van der Waals surface area contributed by atoms with E-state index in [1.54, 1.807) is 0 Å². The smallest absolute Gasteiger partial charge is 0.164 e. The Morgan fingerprint density at radius 1 is 0.196 bits per heavy atom. The molecular formula is C90H50N8S4. The van der Waals surface area contributed by atoms with E-state index in [0.717, 1.165) is 55.3 Å².